The second-order valence-corrected chi connectivity index (χ2v) is 17.1. The summed E-state index contributed by atoms with van der Waals surface area (Å²) in [7, 11) is 0. The number of benzene rings is 2. The first-order valence-corrected chi connectivity index (χ1v) is 18.8. The number of aliphatic hydroxyl groups excluding tert-OH is 3. The van der Waals surface area contributed by atoms with E-state index in [9.17, 15) is 44.4 Å². The van der Waals surface area contributed by atoms with Crippen molar-refractivity contribution in [1.29, 1.82) is 0 Å². The van der Waals surface area contributed by atoms with Gasteiger partial charge in [-0.05, 0) is 76.5 Å². The second kappa shape index (κ2) is 15.5. The molecule has 14 nitrogen and oxygen atoms in total. The molecule has 57 heavy (non-hydrogen) atoms. The molecule has 0 radical (unpaired) electrons. The number of carbonyl (C=O) groups is 5. The molecule has 1 amide bonds. The van der Waals surface area contributed by atoms with Gasteiger partial charge in [-0.3, -0.25) is 9.59 Å². The number of ketones is 1. The Bertz CT molecular complexity index is 1950. The van der Waals surface area contributed by atoms with E-state index in [4.69, 9.17) is 18.9 Å². The van der Waals surface area contributed by atoms with E-state index in [2.05, 4.69) is 5.32 Å². The summed E-state index contributed by atoms with van der Waals surface area (Å²) >= 11 is 0. The third kappa shape index (κ3) is 7.88. The van der Waals surface area contributed by atoms with Crippen LogP contribution in [0.15, 0.2) is 84.0 Å². The molecule has 0 aliphatic heterocycles. The molecule has 5 N–H and O–H groups in total. The Morgan fingerprint density at radius 1 is 0.912 bits per heavy atom. The molecule has 3 aliphatic rings. The molecule has 0 heterocycles. The van der Waals surface area contributed by atoms with Gasteiger partial charge in [0.15, 0.2) is 11.9 Å². The molecule has 3 aliphatic carbocycles. The molecule has 0 aromatic heterocycles. The van der Waals surface area contributed by atoms with Crippen molar-refractivity contribution in [2.75, 3.05) is 0 Å². The molecule has 0 unspecified atom stereocenters. The van der Waals surface area contributed by atoms with Crippen LogP contribution >= 0.6 is 0 Å². The molecular weight excluding hydrogens is 738 g/mol. The maximum Gasteiger partial charge on any atom is 0.408 e. The van der Waals surface area contributed by atoms with Crippen molar-refractivity contribution in [1.82, 2.24) is 5.32 Å². The quantitative estimate of drug-likeness (QED) is 0.145. The zero-order valence-electron chi connectivity index (χ0n) is 33.6. The predicted molar refractivity (Wildman–Crippen MR) is 204 cm³/mol. The monoisotopic (exact) mass is 791 g/mol. The number of amides is 1. The average molecular weight is 792 g/mol. The molecule has 2 aromatic rings. The van der Waals surface area contributed by atoms with E-state index in [-0.39, 0.29) is 16.7 Å². The van der Waals surface area contributed by atoms with Crippen LogP contribution in [0.25, 0.3) is 0 Å². The van der Waals surface area contributed by atoms with Crippen molar-refractivity contribution in [2.24, 2.45) is 16.7 Å². The Kier molecular flexibility index (Phi) is 11.7. The number of fused-ring (bicyclic) bond motifs is 3. The fraction of sp³-hybridized carbons (Fsp3) is 0.512. The van der Waals surface area contributed by atoms with Crippen molar-refractivity contribution in [3.63, 3.8) is 0 Å². The molecular formula is C43H53NO13. The number of hydrogen-bond donors (Lipinski definition) is 5. The van der Waals surface area contributed by atoms with E-state index in [1.54, 1.807) is 69.3 Å². The number of carbonyl (C=O) groups excluding carboxylic acids is 5. The highest BCUT2D eigenvalue weighted by molar-refractivity contribution is 5.94. The Morgan fingerprint density at radius 2 is 1.49 bits per heavy atom. The van der Waals surface area contributed by atoms with Crippen molar-refractivity contribution in [3.05, 3.63) is 95.1 Å². The first kappa shape index (κ1) is 43.2. The highest BCUT2D eigenvalue weighted by atomic mass is 16.6. The maximum atomic E-state index is 14.8. The van der Waals surface area contributed by atoms with Gasteiger partial charge >= 0.3 is 24.0 Å². The van der Waals surface area contributed by atoms with E-state index < -0.39 is 106 Å². The van der Waals surface area contributed by atoms with Crippen LogP contribution in [0.2, 0.25) is 0 Å². The van der Waals surface area contributed by atoms with Gasteiger partial charge in [-0.2, -0.15) is 0 Å². The van der Waals surface area contributed by atoms with Gasteiger partial charge in [-0.15, -0.1) is 0 Å². The fourth-order valence-corrected chi connectivity index (χ4v) is 8.85. The van der Waals surface area contributed by atoms with Gasteiger partial charge in [-0.25, -0.2) is 14.4 Å². The van der Waals surface area contributed by atoms with Crippen molar-refractivity contribution >= 4 is 29.8 Å². The molecule has 14 heteroatoms. The summed E-state index contributed by atoms with van der Waals surface area (Å²) in [6, 6.07) is 14.6. The lowest BCUT2D eigenvalue weighted by Crippen LogP contribution is -2.74. The number of aliphatic hydroxyl groups is 4. The predicted octanol–water partition coefficient (Wildman–Crippen LogP) is 4.05. The maximum absolute atomic E-state index is 14.8. The van der Waals surface area contributed by atoms with Gasteiger partial charge in [0.1, 0.15) is 35.1 Å². The van der Waals surface area contributed by atoms with E-state index >= 15 is 0 Å². The number of alkyl carbamates (subject to hydrolysis) is 1. The van der Waals surface area contributed by atoms with E-state index in [1.807, 2.05) is 0 Å². The lowest BCUT2D eigenvalue weighted by atomic mass is 9.47. The number of hydrogen-bond acceptors (Lipinski definition) is 13. The lowest BCUT2D eigenvalue weighted by Gasteiger charge is -2.62. The summed E-state index contributed by atoms with van der Waals surface area (Å²) in [5, 5.41) is 51.1. The van der Waals surface area contributed by atoms with Crippen LogP contribution in [-0.4, -0.2) is 97.5 Å². The minimum Gasteiger partial charge on any atom is -0.456 e. The summed E-state index contributed by atoms with van der Waals surface area (Å²) < 4.78 is 23.4. The van der Waals surface area contributed by atoms with Crippen molar-refractivity contribution < 1.29 is 63.3 Å². The number of nitrogens with one attached hydrogen (secondary N) is 1. The smallest absolute Gasteiger partial charge is 0.408 e. The van der Waals surface area contributed by atoms with Crippen LogP contribution in [-0.2, 0) is 33.3 Å². The van der Waals surface area contributed by atoms with Crippen LogP contribution < -0.4 is 5.32 Å². The minimum absolute atomic E-state index is 0.0728. The Labute approximate surface area is 331 Å². The second-order valence-electron chi connectivity index (χ2n) is 17.1. The molecule has 1 saturated carbocycles. The van der Waals surface area contributed by atoms with E-state index in [0.29, 0.717) is 5.56 Å². The van der Waals surface area contributed by atoms with Gasteiger partial charge in [0.05, 0.1) is 29.0 Å². The number of ether oxygens (including phenoxy) is 4. The van der Waals surface area contributed by atoms with Crippen LogP contribution in [0.5, 0.6) is 0 Å². The van der Waals surface area contributed by atoms with Crippen molar-refractivity contribution in [2.45, 2.75) is 122 Å². The largest absolute Gasteiger partial charge is 0.456 e. The normalized spacial score (nSPS) is 31.7. The van der Waals surface area contributed by atoms with Gasteiger partial charge in [-0.1, -0.05) is 68.5 Å². The standard InChI is InChI=1S/C43H53NO13/c1-23-27(54-37(51)32(48)30(25-16-12-10-13-17-25)44-38(52)57-39(3,4)5)22-43(53)35(55-36(50)26-18-14-11-15-19-26)33-41(8,56-24(2)45)21-20-28(46)42(33,9)34(49)31(47)29(23)40(43,6)7/h10-21,27-28,30-33,35,46-48,53H,22H2,1-9H3,(H,44,52)/t27-,28-,30-,31+,32+,33+,35-,41-,42+,43+/m0/s1. The first-order valence-electron chi connectivity index (χ1n) is 18.8. The SMILES string of the molecule is CC(=O)O[C@@]1(C)C=C[C@H](O)[C@@]2(C)C(=O)[C@H](O)C3=C(C)[C@@H](OC(=O)[C@H](O)[C@@H](NC(=O)OC(C)(C)C)c4ccccc4)C[C@@](O)([C@@H](OC(=O)c4ccccc4)[C@@H]21)C3(C)C. The first-order chi connectivity index (χ1) is 26.4. The highest BCUT2D eigenvalue weighted by Crippen LogP contribution is 2.61. The van der Waals surface area contributed by atoms with Crippen LogP contribution in [0.1, 0.15) is 90.7 Å². The Morgan fingerprint density at radius 3 is 2.05 bits per heavy atom. The number of rotatable bonds is 8. The van der Waals surface area contributed by atoms with Crippen LogP contribution in [0.3, 0.4) is 0 Å². The zero-order valence-corrected chi connectivity index (χ0v) is 33.6. The lowest BCUT2D eigenvalue weighted by molar-refractivity contribution is -0.241. The molecule has 2 aromatic carbocycles. The van der Waals surface area contributed by atoms with E-state index in [0.717, 1.165) is 6.92 Å². The molecule has 0 spiro atoms. The van der Waals surface area contributed by atoms with Crippen molar-refractivity contribution in [3.8, 4) is 0 Å². The molecule has 1 fully saturated rings. The minimum atomic E-state index is -2.35. The molecule has 0 saturated heterocycles. The zero-order chi connectivity index (χ0) is 42.5. The summed E-state index contributed by atoms with van der Waals surface area (Å²) in [4.78, 5) is 68.5. The van der Waals surface area contributed by atoms with Gasteiger partial charge < -0.3 is 44.7 Å². The summed E-state index contributed by atoms with van der Waals surface area (Å²) in [5.74, 6) is -5.44. The molecule has 2 bridgehead atoms. The summed E-state index contributed by atoms with van der Waals surface area (Å²) in [6.45, 7) is 13.4. The third-order valence-electron chi connectivity index (χ3n) is 11.7. The number of esters is 3. The highest BCUT2D eigenvalue weighted by Gasteiger charge is 2.72. The molecule has 308 valence electrons. The Balaban J connectivity index is 1.67. The summed E-state index contributed by atoms with van der Waals surface area (Å²) in [5.41, 5.74) is -8.28. The fourth-order valence-electron chi connectivity index (χ4n) is 8.85. The molecule has 10 atom stereocenters. The van der Waals surface area contributed by atoms with Crippen LogP contribution in [0.4, 0.5) is 4.79 Å². The van der Waals surface area contributed by atoms with Gasteiger partial charge in [0.25, 0.3) is 0 Å². The summed E-state index contributed by atoms with van der Waals surface area (Å²) in [6.07, 6.45) is -7.79. The van der Waals surface area contributed by atoms with E-state index in [1.165, 1.54) is 58.9 Å². The number of Topliss-reactive ketones (excluding diaryl/α,β-unsaturated/α-hetero) is 1. The van der Waals surface area contributed by atoms with Gasteiger partial charge in [0.2, 0.25) is 0 Å². The molecule has 5 rings (SSSR count). The van der Waals surface area contributed by atoms with Gasteiger partial charge in [0, 0.05) is 18.8 Å². The Hall–Kier alpha value is -4.89. The third-order valence-corrected chi connectivity index (χ3v) is 11.7. The average Bonchev–Trinajstić information content (AvgIpc) is 3.12. The van der Waals surface area contributed by atoms with Crippen LogP contribution in [0, 0.1) is 16.7 Å². The topological polar surface area (TPSA) is 215 Å².